The molecule has 247 valence electrons. The molecular weight excluding hydrogens is 651 g/mol. The molecule has 14 nitrogen and oxygen atoms in total. The van der Waals surface area contributed by atoms with Gasteiger partial charge < -0.3 is 5.11 Å². The van der Waals surface area contributed by atoms with E-state index in [1.54, 1.807) is 30.3 Å². The summed E-state index contributed by atoms with van der Waals surface area (Å²) in [5.74, 6) is -0.879. The van der Waals surface area contributed by atoms with Crippen LogP contribution < -0.4 is 18.6 Å². The number of hydrogen-bond donors (Lipinski definition) is 1. The number of carboxylic acid groups (broad SMARTS) is 1. The molecule has 0 atom stereocenters. The van der Waals surface area contributed by atoms with E-state index in [-0.39, 0.29) is 16.8 Å². The largest absolute Gasteiger partial charge is 0.478 e. The third kappa shape index (κ3) is 14.2. The van der Waals surface area contributed by atoms with Gasteiger partial charge in [0.2, 0.25) is 0 Å². The van der Waals surface area contributed by atoms with Crippen LogP contribution in [0.4, 0.5) is 0 Å². The predicted molar refractivity (Wildman–Crippen MR) is 151 cm³/mol. The third-order valence-electron chi connectivity index (χ3n) is 5.97. The van der Waals surface area contributed by atoms with Crippen molar-refractivity contribution in [2.45, 2.75) is 68.7 Å². The van der Waals surface area contributed by atoms with Gasteiger partial charge in [0.1, 0.15) is 13.3 Å². The number of carbonyl (C=O) groups is 1. The number of benzene rings is 1. The van der Waals surface area contributed by atoms with Crippen molar-refractivity contribution in [2.24, 2.45) is 0 Å². The van der Waals surface area contributed by atoms with Crippen LogP contribution in [0.2, 0.25) is 0 Å². The van der Waals surface area contributed by atoms with Gasteiger partial charge in [-0.3, -0.25) is 0 Å². The maximum Gasteiger partial charge on any atom is 0.335 e. The molecule has 0 bridgehead atoms. The molecule has 1 N–H and O–H groups in total. The van der Waals surface area contributed by atoms with E-state index in [0.717, 1.165) is 22.8 Å². The normalized spacial score (nSPS) is 10.4. The van der Waals surface area contributed by atoms with Gasteiger partial charge in [-0.15, -0.1) is 10.2 Å². The topological polar surface area (TPSA) is 201 Å². The van der Waals surface area contributed by atoms with E-state index in [4.69, 9.17) is 23.7 Å². The third-order valence-corrected chi connectivity index (χ3v) is 5.97. The van der Waals surface area contributed by atoms with Crippen LogP contribution in [0.1, 0.15) is 55.9 Å². The van der Waals surface area contributed by atoms with Crippen LogP contribution in [0.3, 0.4) is 0 Å². The van der Waals surface area contributed by atoms with Crippen LogP contribution in [-0.4, -0.2) is 50.2 Å². The number of hydrogen-bond acceptors (Lipinski definition) is 9. The number of rotatable bonds is 5. The summed E-state index contributed by atoms with van der Waals surface area (Å²) in [4.78, 5) is 10.2. The molecule has 0 fully saturated rings. The molecule has 5 rings (SSSR count). The van der Waals surface area contributed by atoms with Gasteiger partial charge in [-0.2, -0.15) is 20.4 Å². The number of aromatic nitrogens is 8. The van der Waals surface area contributed by atoms with Gasteiger partial charge in [0.05, 0.1) is 28.3 Å². The summed E-state index contributed by atoms with van der Waals surface area (Å²) in [6, 6.07) is 16.6. The summed E-state index contributed by atoms with van der Waals surface area (Å²) in [5.41, 5.74) is 9.20. The smallest absolute Gasteiger partial charge is 0.335 e. The Balaban J connectivity index is 0.000000319. The van der Waals surface area contributed by atoms with E-state index in [0.29, 0.717) is 18.9 Å². The summed E-state index contributed by atoms with van der Waals surface area (Å²) >= 11 is 0. The Kier molecular flexibility index (Phi) is 15.3. The van der Waals surface area contributed by atoms with Crippen molar-refractivity contribution in [2.75, 3.05) is 0 Å². The Morgan fingerprint density at radius 1 is 0.600 bits per heavy atom. The summed E-state index contributed by atoms with van der Waals surface area (Å²) in [6.45, 7) is 17.7. The first kappa shape index (κ1) is 39.2. The summed E-state index contributed by atoms with van der Waals surface area (Å²) in [6.07, 6.45) is 0. The van der Waals surface area contributed by atoms with Gasteiger partial charge in [0.15, 0.2) is 0 Å². The molecule has 0 aliphatic heterocycles. The second-order valence-electron chi connectivity index (χ2n) is 10.0. The molecule has 1 radical (unpaired) electrons. The quantitative estimate of drug-likeness (QED) is 0.267. The van der Waals surface area contributed by atoms with Crippen molar-refractivity contribution in [3.8, 4) is 0 Å². The Morgan fingerprint density at radius 2 is 0.844 bits per heavy atom. The zero-order valence-corrected chi connectivity index (χ0v) is 28.2. The summed E-state index contributed by atoms with van der Waals surface area (Å²) in [5, 5.41) is 26.0. The number of aromatic carboxylic acids is 1. The minimum atomic E-state index is -4.94. The first-order chi connectivity index (χ1) is 20.4. The van der Waals surface area contributed by atoms with Gasteiger partial charge in [-0.1, -0.05) is 18.2 Å². The Bertz CT molecular complexity index is 1460. The molecule has 45 heavy (non-hydrogen) atoms. The Morgan fingerprint density at radius 3 is 1.00 bits per heavy atom. The van der Waals surface area contributed by atoms with Crippen LogP contribution in [-0.2, 0) is 30.1 Å². The van der Waals surface area contributed by atoms with E-state index >= 15 is 0 Å². The van der Waals surface area contributed by atoms with Crippen molar-refractivity contribution in [1.82, 2.24) is 39.1 Å². The van der Waals surface area contributed by atoms with Gasteiger partial charge >= 0.3 is 5.97 Å². The summed E-state index contributed by atoms with van der Waals surface area (Å²) in [7, 11) is -4.94. The number of carboxylic acids is 1. The van der Waals surface area contributed by atoms with Gasteiger partial charge in [-0.05, 0) is 91.8 Å². The molecule has 16 heteroatoms. The van der Waals surface area contributed by atoms with Crippen molar-refractivity contribution >= 4 is 5.97 Å². The van der Waals surface area contributed by atoms with Crippen molar-refractivity contribution in [3.05, 3.63) is 106 Å². The summed E-state index contributed by atoms with van der Waals surface area (Å²) < 4.78 is 41.8. The molecular formula is C29H38ClCoN8O6-. The minimum Gasteiger partial charge on any atom is -0.478 e. The Hall–Kier alpha value is -3.83. The van der Waals surface area contributed by atoms with Crippen LogP contribution in [0.15, 0.2) is 54.6 Å². The maximum absolute atomic E-state index is 10.2. The van der Waals surface area contributed by atoms with Crippen LogP contribution in [0, 0.1) is 65.6 Å². The van der Waals surface area contributed by atoms with E-state index in [1.165, 1.54) is 22.8 Å². The number of halogens is 1. The molecule has 4 aromatic heterocycles. The zero-order valence-electron chi connectivity index (χ0n) is 26.4. The van der Waals surface area contributed by atoms with E-state index in [9.17, 15) is 4.79 Å². The van der Waals surface area contributed by atoms with E-state index in [2.05, 4.69) is 72.4 Å². The Labute approximate surface area is 274 Å². The second-order valence-corrected chi connectivity index (χ2v) is 10.8. The first-order valence-electron chi connectivity index (χ1n) is 13.4. The fraction of sp³-hybridized carbons (Fsp3) is 0.345. The minimum absolute atomic E-state index is 0. The number of nitrogens with zero attached hydrogens (tertiary/aromatic N) is 8. The molecule has 0 amide bonds. The van der Waals surface area contributed by atoms with Gasteiger partial charge in [-0.25, -0.2) is 42.2 Å². The maximum atomic E-state index is 10.2. The predicted octanol–water partition coefficient (Wildman–Crippen LogP) is 0.264. The molecule has 0 saturated carbocycles. The van der Waals surface area contributed by atoms with Crippen molar-refractivity contribution < 1.29 is 55.6 Å². The second kappa shape index (κ2) is 17.6. The molecule has 5 aromatic rings. The molecule has 0 aliphatic rings. The van der Waals surface area contributed by atoms with Crippen LogP contribution in [0.5, 0.6) is 0 Å². The first-order valence-corrected chi connectivity index (χ1v) is 14.6. The average molecular weight is 689 g/mol. The molecule has 0 unspecified atom stereocenters. The van der Waals surface area contributed by atoms with E-state index in [1.807, 2.05) is 46.4 Å². The molecule has 0 aliphatic carbocycles. The van der Waals surface area contributed by atoms with Crippen molar-refractivity contribution in [3.63, 3.8) is 0 Å². The average Bonchev–Trinajstić information content (AvgIpc) is 3.60. The monoisotopic (exact) mass is 688 g/mol. The van der Waals surface area contributed by atoms with Gasteiger partial charge in [0, 0.05) is 39.6 Å². The molecule has 4 heterocycles. The SMILES string of the molecule is Cc1cc(C)n(Cn2nc(C)cc2C)n1.Cc1cc(C)n(Cn2nc(C)cc2C)n1.O=C(O)c1ccccc1.[Co].[O-][Cl+3]([O-])([O-])[O-]. The van der Waals surface area contributed by atoms with Crippen LogP contribution in [0.25, 0.3) is 0 Å². The van der Waals surface area contributed by atoms with Crippen LogP contribution >= 0.6 is 0 Å². The fourth-order valence-electron chi connectivity index (χ4n) is 4.11. The van der Waals surface area contributed by atoms with Crippen molar-refractivity contribution in [1.29, 1.82) is 0 Å². The fourth-order valence-corrected chi connectivity index (χ4v) is 4.11. The molecule has 1 aromatic carbocycles. The van der Waals surface area contributed by atoms with E-state index < -0.39 is 16.2 Å². The molecule has 0 saturated heterocycles. The standard InChI is InChI=1S/2C11H16N4.C7H6O2.ClHO4.Co/c2*1-8-5-10(3)14(12-8)7-15-11(4)6-9(2)13-15;8-7(9)6-4-2-1-3-5-6;2-1(3,4)5;/h2*5-6H,7H2,1-4H3;1-5H,(H,8,9);(H,2,3,4,5);/p-1. The zero-order chi connectivity index (χ0) is 33.2. The number of aryl methyl sites for hydroxylation is 8. The van der Waals surface area contributed by atoms with Gasteiger partial charge in [0.25, 0.3) is 0 Å². The molecule has 0 spiro atoms.